The first kappa shape index (κ1) is 40.4. The van der Waals surface area contributed by atoms with Crippen molar-refractivity contribution in [3.63, 3.8) is 0 Å². The topological polar surface area (TPSA) is 281 Å². The van der Waals surface area contributed by atoms with Crippen LogP contribution in [0.1, 0.15) is 42.3 Å². The van der Waals surface area contributed by atoms with Gasteiger partial charge in [-0.2, -0.15) is 33.7 Å². The van der Waals surface area contributed by atoms with Crippen LogP contribution in [0.4, 0.5) is 0 Å². The number of aromatic nitrogens is 4. The minimum Gasteiger partial charge on any atom is -0.354 e. The van der Waals surface area contributed by atoms with E-state index in [4.69, 9.17) is 0 Å². The van der Waals surface area contributed by atoms with Crippen molar-refractivity contribution >= 4 is 108 Å². The van der Waals surface area contributed by atoms with E-state index < -0.39 is 40.5 Å². The summed E-state index contributed by atoms with van der Waals surface area (Å²) < 4.78 is 136. The molecule has 0 aliphatic carbocycles. The van der Waals surface area contributed by atoms with Crippen LogP contribution in [-0.2, 0) is 40.5 Å². The monoisotopic (exact) mass is 960 g/mol. The van der Waals surface area contributed by atoms with E-state index >= 15 is 0 Å². The van der Waals surface area contributed by atoms with E-state index in [1.165, 1.54) is 48.5 Å². The second-order valence-corrected chi connectivity index (χ2v) is 23.9. The van der Waals surface area contributed by atoms with Crippen molar-refractivity contribution in [2.75, 3.05) is 0 Å². The number of thiophene rings is 4. The van der Waals surface area contributed by atoms with Gasteiger partial charge in [0.1, 0.15) is 16.8 Å². The van der Waals surface area contributed by atoms with Gasteiger partial charge in [-0.3, -0.25) is 18.2 Å². The standard InChI is InChI=1S/C36H24N4O12S8/c41-57(42,43)29-13-9-25(53-29)33-17-1-2-18(37-17)34(26-10-14-30(54-26)58(44,45)46)20-5-6-22(39-20)36(28-12-16-32(56-28)60(50,51)52)24-8-7-23(40-24)35(21-4-3-19(33)38-21)27-11-15-31(55-27)59(47,48)49/h1-16,37-40H,(H,41,42,43)(H,44,45,46)(H,47,48,49)(H,50,51,52). The Morgan fingerprint density at radius 3 is 0.700 bits per heavy atom. The molecule has 16 nitrogen and oxygen atoms in total. The Bertz CT molecular complexity index is 3310. The third-order valence-electron chi connectivity index (χ3n) is 9.23. The largest absolute Gasteiger partial charge is 0.354 e. The van der Waals surface area contributed by atoms with Crippen LogP contribution in [0, 0.1) is 0 Å². The molecule has 24 heteroatoms. The fourth-order valence-electron chi connectivity index (χ4n) is 6.76. The first-order valence-electron chi connectivity index (χ1n) is 16.8. The molecular weight excluding hydrogens is 937 g/mol. The Balaban J connectivity index is 1.43. The molecule has 9 rings (SSSR count). The van der Waals surface area contributed by atoms with Gasteiger partial charge in [0.2, 0.25) is 0 Å². The Labute approximate surface area is 354 Å². The summed E-state index contributed by atoms with van der Waals surface area (Å²) in [5, 5.41) is 1.79. The zero-order valence-electron chi connectivity index (χ0n) is 29.6. The van der Waals surface area contributed by atoms with Gasteiger partial charge in [0.15, 0.2) is 0 Å². The van der Waals surface area contributed by atoms with E-state index in [1.807, 2.05) is 0 Å². The van der Waals surface area contributed by atoms with Crippen LogP contribution in [0.2, 0.25) is 0 Å². The van der Waals surface area contributed by atoms with Gasteiger partial charge >= 0.3 is 40.5 Å². The molecule has 8 bridgehead atoms. The van der Waals surface area contributed by atoms with Gasteiger partial charge in [0, 0.05) is 86.0 Å². The highest BCUT2D eigenvalue weighted by molar-refractivity contribution is 7.89. The van der Waals surface area contributed by atoms with Gasteiger partial charge in [-0.15, -0.1) is 45.3 Å². The van der Waals surface area contributed by atoms with Gasteiger partial charge in [0.25, 0.3) is 0 Å². The van der Waals surface area contributed by atoms with Crippen LogP contribution >= 0.6 is 45.3 Å². The molecule has 8 aromatic rings. The minimum absolute atomic E-state index is 0.317. The third kappa shape index (κ3) is 7.43. The number of fused-ring (bicyclic) bond motifs is 8. The number of rotatable bonds is 8. The molecule has 0 amide bonds. The maximum atomic E-state index is 12.2. The summed E-state index contributed by atoms with van der Waals surface area (Å²) in [6.07, 6.45) is 0. The van der Waals surface area contributed by atoms with E-state index in [9.17, 15) is 51.9 Å². The zero-order chi connectivity index (χ0) is 42.5. The maximum Gasteiger partial charge on any atom is 0.304 e. The van der Waals surface area contributed by atoms with E-state index in [1.54, 1.807) is 48.5 Å². The van der Waals surface area contributed by atoms with Crippen molar-refractivity contribution in [3.8, 4) is 0 Å². The van der Waals surface area contributed by atoms with Crippen LogP contribution in [0.25, 0.3) is 22.3 Å². The molecule has 60 heavy (non-hydrogen) atoms. The molecule has 0 atom stereocenters. The van der Waals surface area contributed by atoms with Gasteiger partial charge in [-0.05, 0) is 97.1 Å². The number of nitrogens with one attached hydrogen (secondary N) is 4. The fraction of sp³-hybridized carbons (Fsp3) is 0. The smallest absolute Gasteiger partial charge is 0.304 e. The summed E-state index contributed by atoms with van der Waals surface area (Å²) in [5.41, 5.74) is 3.60. The quantitative estimate of drug-likeness (QED) is 0.102. The molecule has 0 saturated heterocycles. The Morgan fingerprint density at radius 2 is 0.517 bits per heavy atom. The van der Waals surface area contributed by atoms with Crippen molar-refractivity contribution in [1.29, 1.82) is 0 Å². The summed E-state index contributed by atoms with van der Waals surface area (Å²) in [6.45, 7) is 0. The highest BCUT2D eigenvalue weighted by atomic mass is 32.3. The number of aromatic amines is 4. The number of hydrogen-bond donors (Lipinski definition) is 8. The lowest BCUT2D eigenvalue weighted by Gasteiger charge is -2.07. The Kier molecular flexibility index (Phi) is 9.65. The molecule has 0 fully saturated rings. The van der Waals surface area contributed by atoms with Crippen molar-refractivity contribution in [3.05, 3.63) is 161 Å². The van der Waals surface area contributed by atoms with Crippen LogP contribution in [-0.4, -0.2) is 71.8 Å². The molecule has 0 saturated carbocycles. The molecular formula is C36H24N4O12S8. The van der Waals surface area contributed by atoms with Crippen LogP contribution in [0.3, 0.4) is 0 Å². The fourth-order valence-corrected chi connectivity index (χ4v) is 13.7. The maximum absolute atomic E-state index is 12.2. The van der Waals surface area contributed by atoms with Crippen LogP contribution in [0.5, 0.6) is 0 Å². The highest BCUT2D eigenvalue weighted by Crippen LogP contribution is 2.36. The van der Waals surface area contributed by atoms with Crippen LogP contribution < -0.4 is 21.4 Å². The number of hydrogen-bond acceptors (Lipinski definition) is 12. The van der Waals surface area contributed by atoms with Crippen LogP contribution in [0.15, 0.2) is 114 Å². The average molecular weight is 961 g/mol. The predicted molar refractivity (Wildman–Crippen MR) is 225 cm³/mol. The summed E-state index contributed by atoms with van der Waals surface area (Å²) in [5.74, 6) is 0. The summed E-state index contributed by atoms with van der Waals surface area (Å²) in [4.78, 5) is 15.2. The van der Waals surface area contributed by atoms with Gasteiger partial charge in [0.05, 0.1) is 0 Å². The van der Waals surface area contributed by atoms with E-state index in [0.29, 0.717) is 86.0 Å². The van der Waals surface area contributed by atoms with Gasteiger partial charge in [-0.25, -0.2) is 0 Å². The minimum atomic E-state index is -4.59. The van der Waals surface area contributed by atoms with Crippen molar-refractivity contribution in [2.24, 2.45) is 0 Å². The van der Waals surface area contributed by atoms with Crippen molar-refractivity contribution in [2.45, 2.75) is 16.8 Å². The lowest BCUT2D eigenvalue weighted by molar-refractivity contribution is 0.483. The lowest BCUT2D eigenvalue weighted by atomic mass is 10.1. The second-order valence-electron chi connectivity index (χ2n) is 13.0. The molecule has 0 unspecified atom stereocenters. The second kappa shape index (κ2) is 14.3. The SMILES string of the molecule is O=S(=O)(O)c1ccc(C2=c3ccc([nH]3)=C(c3ccc(S(=O)(=O)O)s3)c3ccc([nH]3)C(c3ccc(S(=O)(=O)O)s3)=c3ccc([nH]3)=C(c3ccc(S(=O)(=O)O)s3)c3ccc2[nH]3)s1. The van der Waals surface area contributed by atoms with Crippen molar-refractivity contribution in [1.82, 2.24) is 19.9 Å². The molecule has 8 aromatic heterocycles. The predicted octanol–water partition coefficient (Wildman–Crippen LogP) is 3.53. The van der Waals surface area contributed by atoms with Gasteiger partial charge in [-0.1, -0.05) is 0 Å². The average Bonchev–Trinajstić information content (AvgIpc) is 3.98. The summed E-state index contributed by atoms with van der Waals surface area (Å²) >= 11 is 3.21. The molecule has 1 aliphatic rings. The van der Waals surface area contributed by atoms with E-state index in [2.05, 4.69) is 19.9 Å². The number of H-pyrrole nitrogens is 4. The van der Waals surface area contributed by atoms with E-state index in [0.717, 1.165) is 45.3 Å². The first-order chi connectivity index (χ1) is 28.2. The molecule has 1 aliphatic heterocycles. The Morgan fingerprint density at radius 1 is 0.300 bits per heavy atom. The van der Waals surface area contributed by atoms with Gasteiger partial charge < -0.3 is 19.9 Å². The highest BCUT2D eigenvalue weighted by Gasteiger charge is 2.24. The summed E-state index contributed by atoms with van der Waals surface area (Å²) in [6, 6.07) is 24.9. The summed E-state index contributed by atoms with van der Waals surface area (Å²) in [7, 11) is -18.4. The molecule has 8 N–H and O–H groups in total. The molecule has 308 valence electrons. The molecule has 0 spiro atoms. The first-order valence-corrected chi connectivity index (χ1v) is 25.8. The molecule has 0 radical (unpaired) electrons. The Hall–Kier alpha value is -4.96. The lowest BCUT2D eigenvalue weighted by Crippen LogP contribution is -2.18. The zero-order valence-corrected chi connectivity index (χ0v) is 36.1. The molecule has 0 aromatic carbocycles. The van der Waals surface area contributed by atoms with Crippen molar-refractivity contribution < 1.29 is 51.9 Å². The molecule has 9 heterocycles. The normalized spacial score (nSPS) is 14.1. The van der Waals surface area contributed by atoms with E-state index in [-0.39, 0.29) is 16.8 Å². The third-order valence-corrected chi connectivity index (χ3v) is 18.9.